The van der Waals surface area contributed by atoms with E-state index in [4.69, 9.17) is 13.9 Å². The summed E-state index contributed by atoms with van der Waals surface area (Å²) >= 11 is 0. The number of fused-ring (bicyclic) bond motifs is 1. The molecule has 1 heterocycles. The van der Waals surface area contributed by atoms with Gasteiger partial charge in [-0.25, -0.2) is 4.79 Å². The molecule has 4 aromatic carbocycles. The third kappa shape index (κ3) is 6.67. The topological polar surface area (TPSA) is 97.1 Å². The average molecular weight is 524 g/mol. The summed E-state index contributed by atoms with van der Waals surface area (Å²) in [6, 6.07) is 31.5. The predicted molar refractivity (Wildman–Crippen MR) is 151 cm³/mol. The van der Waals surface area contributed by atoms with Crippen LogP contribution in [0, 0.1) is 0 Å². The summed E-state index contributed by atoms with van der Waals surface area (Å²) in [6.45, 7) is 1.02. The van der Waals surface area contributed by atoms with Gasteiger partial charge in [-0.3, -0.25) is 0 Å². The van der Waals surface area contributed by atoms with Gasteiger partial charge in [0.15, 0.2) is 11.3 Å². The van der Waals surface area contributed by atoms with Gasteiger partial charge in [0.25, 0.3) is 6.01 Å². The minimum absolute atomic E-state index is 0.287. The van der Waals surface area contributed by atoms with E-state index in [2.05, 4.69) is 10.3 Å². The van der Waals surface area contributed by atoms with E-state index in [9.17, 15) is 9.90 Å². The number of aromatic nitrogens is 1. The molecule has 1 aromatic heterocycles. The second-order valence-corrected chi connectivity index (χ2v) is 9.03. The zero-order chi connectivity index (χ0) is 27.0. The number of para-hydroxylation sites is 5. The van der Waals surface area contributed by atoms with Gasteiger partial charge in [0.2, 0.25) is 0 Å². The van der Waals surface area contributed by atoms with Crippen LogP contribution in [0.25, 0.3) is 11.1 Å². The van der Waals surface area contributed by atoms with Crippen LogP contribution in [0.2, 0.25) is 0 Å². The molecule has 0 unspecified atom stereocenters. The largest absolute Gasteiger partial charge is 0.492 e. The van der Waals surface area contributed by atoms with Gasteiger partial charge in [0.1, 0.15) is 29.7 Å². The Morgan fingerprint density at radius 3 is 2.41 bits per heavy atom. The standard InChI is InChI=1S/C31H29N3O5/c1-34(31-33-26-12-6-8-14-29(26)39-31)19-20-37-23-17-15-22(16-18-23)21-27(30(35)36)32-25-11-5-7-13-28(25)38-24-9-3-2-4-10-24/h2-18,27,32H,19-21H2,1H3,(H,35,36)/t27-/m0/s1. The molecule has 0 saturated carbocycles. The molecule has 39 heavy (non-hydrogen) atoms. The van der Waals surface area contributed by atoms with Crippen LogP contribution in [0.15, 0.2) is 108 Å². The number of carboxylic acids is 1. The summed E-state index contributed by atoms with van der Waals surface area (Å²) in [5, 5.41) is 13.0. The van der Waals surface area contributed by atoms with E-state index in [0.717, 1.165) is 16.7 Å². The first-order valence-corrected chi connectivity index (χ1v) is 12.6. The highest BCUT2D eigenvalue weighted by Gasteiger charge is 2.20. The van der Waals surface area contributed by atoms with Crippen LogP contribution in [0.3, 0.4) is 0 Å². The highest BCUT2D eigenvalue weighted by Crippen LogP contribution is 2.30. The molecule has 0 radical (unpaired) electrons. The fourth-order valence-electron chi connectivity index (χ4n) is 4.06. The summed E-state index contributed by atoms with van der Waals surface area (Å²) < 4.78 is 17.6. The number of oxazole rings is 1. The summed E-state index contributed by atoms with van der Waals surface area (Å²) in [7, 11) is 1.90. The van der Waals surface area contributed by atoms with Crippen molar-refractivity contribution in [2.75, 3.05) is 30.4 Å². The van der Waals surface area contributed by atoms with Gasteiger partial charge in [-0.2, -0.15) is 4.98 Å². The van der Waals surface area contributed by atoms with Crippen molar-refractivity contribution in [1.82, 2.24) is 4.98 Å². The molecule has 8 nitrogen and oxygen atoms in total. The number of nitrogens with zero attached hydrogens (tertiary/aromatic N) is 2. The van der Waals surface area contributed by atoms with Gasteiger partial charge < -0.3 is 29.2 Å². The van der Waals surface area contributed by atoms with Crippen LogP contribution in [0.4, 0.5) is 11.7 Å². The molecule has 0 aliphatic rings. The Bertz CT molecular complexity index is 1490. The molecule has 5 aromatic rings. The van der Waals surface area contributed by atoms with Gasteiger partial charge >= 0.3 is 5.97 Å². The number of rotatable bonds is 12. The zero-order valence-corrected chi connectivity index (χ0v) is 21.5. The Balaban J connectivity index is 1.16. The molecule has 0 saturated heterocycles. The van der Waals surface area contributed by atoms with Crippen molar-refractivity contribution < 1.29 is 23.8 Å². The first kappa shape index (κ1) is 25.7. The molecular formula is C31H29N3O5. The van der Waals surface area contributed by atoms with Gasteiger partial charge in [0, 0.05) is 13.5 Å². The van der Waals surface area contributed by atoms with Crippen LogP contribution in [0.1, 0.15) is 5.56 Å². The van der Waals surface area contributed by atoms with Crippen LogP contribution in [-0.4, -0.2) is 42.3 Å². The van der Waals surface area contributed by atoms with E-state index in [0.29, 0.717) is 42.1 Å². The van der Waals surface area contributed by atoms with Gasteiger partial charge in [-0.05, 0) is 54.1 Å². The first-order chi connectivity index (χ1) is 19.0. The second-order valence-electron chi connectivity index (χ2n) is 9.03. The van der Waals surface area contributed by atoms with Crippen molar-refractivity contribution in [2.24, 2.45) is 0 Å². The second kappa shape index (κ2) is 12.0. The lowest BCUT2D eigenvalue weighted by molar-refractivity contribution is -0.137. The molecule has 0 spiro atoms. The summed E-state index contributed by atoms with van der Waals surface area (Å²) in [4.78, 5) is 18.5. The number of anilines is 2. The van der Waals surface area contributed by atoms with Crippen LogP contribution >= 0.6 is 0 Å². The lowest BCUT2D eigenvalue weighted by atomic mass is 10.1. The minimum atomic E-state index is -0.952. The zero-order valence-electron chi connectivity index (χ0n) is 21.5. The first-order valence-electron chi connectivity index (χ1n) is 12.6. The molecule has 8 heteroatoms. The van der Waals surface area contributed by atoms with Gasteiger partial charge in [-0.1, -0.05) is 54.6 Å². The van der Waals surface area contributed by atoms with Crippen LogP contribution in [-0.2, 0) is 11.2 Å². The molecule has 0 fully saturated rings. The Morgan fingerprint density at radius 1 is 0.923 bits per heavy atom. The van der Waals surface area contributed by atoms with Crippen LogP contribution < -0.4 is 19.7 Å². The molecule has 2 N–H and O–H groups in total. The maximum atomic E-state index is 12.1. The number of hydrogen-bond donors (Lipinski definition) is 2. The third-order valence-electron chi connectivity index (χ3n) is 6.15. The SMILES string of the molecule is CN(CCOc1ccc(C[C@H](Nc2ccccc2Oc2ccccc2)C(=O)O)cc1)c1nc2ccccc2o1. The molecule has 0 aliphatic carbocycles. The summed E-state index contributed by atoms with van der Waals surface area (Å²) in [5.74, 6) is 0.981. The maximum absolute atomic E-state index is 12.1. The van der Waals surface area contributed by atoms with Crippen molar-refractivity contribution in [2.45, 2.75) is 12.5 Å². The molecule has 5 rings (SSSR count). The normalized spacial score (nSPS) is 11.6. The number of ether oxygens (including phenoxy) is 2. The molecule has 0 amide bonds. The van der Waals surface area contributed by atoms with Crippen molar-refractivity contribution in [3.05, 3.63) is 109 Å². The Morgan fingerprint density at radius 2 is 1.64 bits per heavy atom. The van der Waals surface area contributed by atoms with Crippen molar-refractivity contribution in [3.63, 3.8) is 0 Å². The third-order valence-corrected chi connectivity index (χ3v) is 6.15. The Kier molecular flexibility index (Phi) is 7.92. The lowest BCUT2D eigenvalue weighted by Crippen LogP contribution is -2.31. The van der Waals surface area contributed by atoms with Crippen molar-refractivity contribution in [3.8, 4) is 17.2 Å². The fraction of sp³-hybridized carbons (Fsp3) is 0.161. The predicted octanol–water partition coefficient (Wildman–Crippen LogP) is 6.24. The van der Waals surface area contributed by atoms with Crippen molar-refractivity contribution >= 4 is 28.8 Å². The highest BCUT2D eigenvalue weighted by molar-refractivity contribution is 5.79. The van der Waals surface area contributed by atoms with E-state index < -0.39 is 12.0 Å². The number of benzene rings is 4. The van der Waals surface area contributed by atoms with Crippen LogP contribution in [0.5, 0.6) is 17.2 Å². The monoisotopic (exact) mass is 523 g/mol. The Labute approximate surface area is 226 Å². The molecule has 0 bridgehead atoms. The van der Waals surface area contributed by atoms with E-state index in [1.165, 1.54) is 0 Å². The highest BCUT2D eigenvalue weighted by atomic mass is 16.5. The number of aliphatic carboxylic acids is 1. The van der Waals surface area contributed by atoms with E-state index in [1.54, 1.807) is 0 Å². The lowest BCUT2D eigenvalue weighted by Gasteiger charge is -2.19. The quantitative estimate of drug-likeness (QED) is 0.198. The molecule has 1 atom stereocenters. The van der Waals surface area contributed by atoms with Crippen molar-refractivity contribution in [1.29, 1.82) is 0 Å². The van der Waals surface area contributed by atoms with Gasteiger partial charge in [0.05, 0.1) is 12.2 Å². The van der Waals surface area contributed by atoms with E-state index in [-0.39, 0.29) is 6.42 Å². The molecule has 198 valence electrons. The number of likely N-dealkylation sites (N-methyl/N-ethyl adjacent to an activating group) is 1. The average Bonchev–Trinajstić information content (AvgIpc) is 3.40. The van der Waals surface area contributed by atoms with E-state index in [1.807, 2.05) is 115 Å². The molecule has 0 aliphatic heterocycles. The Hall–Kier alpha value is -4.98. The van der Waals surface area contributed by atoms with Gasteiger partial charge in [-0.15, -0.1) is 0 Å². The minimum Gasteiger partial charge on any atom is -0.492 e. The van der Waals surface area contributed by atoms with E-state index >= 15 is 0 Å². The number of nitrogens with one attached hydrogen (secondary N) is 1. The number of carbonyl (C=O) groups is 1. The number of carboxylic acid groups (broad SMARTS) is 1. The summed E-state index contributed by atoms with van der Waals surface area (Å²) in [5.41, 5.74) is 3.04. The fourth-order valence-corrected chi connectivity index (χ4v) is 4.06. The maximum Gasteiger partial charge on any atom is 0.326 e. The smallest absolute Gasteiger partial charge is 0.326 e. The number of hydrogen-bond acceptors (Lipinski definition) is 7. The summed E-state index contributed by atoms with van der Waals surface area (Å²) in [6.07, 6.45) is 0.287. The molecular weight excluding hydrogens is 494 g/mol.